The van der Waals surface area contributed by atoms with Crippen LogP contribution in [0.4, 0.5) is 5.82 Å². The van der Waals surface area contributed by atoms with Gasteiger partial charge in [0.05, 0.1) is 14.2 Å². The molecule has 0 amide bonds. The molecule has 19 heavy (non-hydrogen) atoms. The fraction of sp³-hybridized carbons (Fsp3) is 0.538. The normalized spacial score (nSPS) is 18.5. The Morgan fingerprint density at radius 1 is 1.53 bits per heavy atom. The maximum atomic E-state index is 11.5. The summed E-state index contributed by atoms with van der Waals surface area (Å²) in [7, 11) is 2.79. The Labute approximate surface area is 112 Å². The highest BCUT2D eigenvalue weighted by molar-refractivity contribution is 5.92. The lowest BCUT2D eigenvalue weighted by atomic mass is 10.1. The second-order valence-electron chi connectivity index (χ2n) is 4.50. The molecule has 2 heterocycles. The average molecular weight is 266 g/mol. The number of ether oxygens (including phenoxy) is 2. The Bertz CT molecular complexity index is 464. The molecule has 1 fully saturated rings. The zero-order valence-electron chi connectivity index (χ0n) is 11.1. The third kappa shape index (κ3) is 2.78. The van der Waals surface area contributed by atoms with Gasteiger partial charge in [0.15, 0.2) is 0 Å². The van der Waals surface area contributed by atoms with Gasteiger partial charge in [-0.2, -0.15) is 4.98 Å². The molecule has 0 saturated carbocycles. The molecule has 1 atom stereocenters. The number of anilines is 1. The molecule has 6 heteroatoms. The molecule has 1 saturated heterocycles. The number of methoxy groups -OCH3 is 2. The SMILES string of the molecule is COC(=O)c1ccc(N2CCC(CO)C2)nc1OC. The predicted molar refractivity (Wildman–Crippen MR) is 69.5 cm³/mol. The number of hydrogen-bond acceptors (Lipinski definition) is 6. The van der Waals surface area contributed by atoms with Crippen molar-refractivity contribution in [3.8, 4) is 5.88 Å². The van der Waals surface area contributed by atoms with Crippen LogP contribution in [0.1, 0.15) is 16.8 Å². The van der Waals surface area contributed by atoms with Gasteiger partial charge < -0.3 is 19.5 Å². The maximum absolute atomic E-state index is 11.5. The van der Waals surface area contributed by atoms with E-state index in [1.807, 2.05) is 0 Å². The number of carbonyl (C=O) groups excluding carboxylic acids is 1. The highest BCUT2D eigenvalue weighted by Crippen LogP contribution is 2.26. The van der Waals surface area contributed by atoms with Crippen LogP contribution >= 0.6 is 0 Å². The zero-order valence-corrected chi connectivity index (χ0v) is 11.1. The Morgan fingerprint density at radius 2 is 2.32 bits per heavy atom. The van der Waals surface area contributed by atoms with Gasteiger partial charge in [-0.3, -0.25) is 0 Å². The van der Waals surface area contributed by atoms with Crippen LogP contribution in [-0.4, -0.2) is 50.0 Å². The molecule has 0 spiro atoms. The lowest BCUT2D eigenvalue weighted by molar-refractivity contribution is 0.0596. The first kappa shape index (κ1) is 13.6. The van der Waals surface area contributed by atoms with Crippen molar-refractivity contribution in [3.05, 3.63) is 17.7 Å². The Morgan fingerprint density at radius 3 is 2.89 bits per heavy atom. The van der Waals surface area contributed by atoms with Crippen molar-refractivity contribution in [1.29, 1.82) is 0 Å². The van der Waals surface area contributed by atoms with Crippen molar-refractivity contribution in [1.82, 2.24) is 4.98 Å². The first-order chi connectivity index (χ1) is 9.19. The fourth-order valence-electron chi connectivity index (χ4n) is 2.22. The summed E-state index contributed by atoms with van der Waals surface area (Å²) < 4.78 is 9.81. The Balaban J connectivity index is 2.22. The minimum Gasteiger partial charge on any atom is -0.480 e. The molecule has 1 aliphatic rings. The molecular weight excluding hydrogens is 248 g/mol. The molecule has 1 aromatic heterocycles. The van der Waals surface area contributed by atoms with E-state index in [2.05, 4.69) is 14.6 Å². The summed E-state index contributed by atoms with van der Waals surface area (Å²) in [6.07, 6.45) is 0.944. The highest BCUT2D eigenvalue weighted by atomic mass is 16.5. The van der Waals surface area contributed by atoms with Crippen molar-refractivity contribution < 1.29 is 19.4 Å². The van der Waals surface area contributed by atoms with Gasteiger partial charge in [-0.15, -0.1) is 0 Å². The Hall–Kier alpha value is -1.82. The van der Waals surface area contributed by atoms with Gasteiger partial charge in [-0.05, 0) is 18.6 Å². The minimum absolute atomic E-state index is 0.188. The molecule has 1 unspecified atom stereocenters. The molecule has 1 aromatic rings. The molecular formula is C13H18N2O4. The average Bonchev–Trinajstić information content (AvgIpc) is 2.94. The Kier molecular flexibility index (Phi) is 4.21. The van der Waals surface area contributed by atoms with Crippen molar-refractivity contribution in [2.75, 3.05) is 38.8 Å². The molecule has 0 aliphatic carbocycles. The smallest absolute Gasteiger partial charge is 0.343 e. The second-order valence-corrected chi connectivity index (χ2v) is 4.50. The highest BCUT2D eigenvalue weighted by Gasteiger charge is 2.24. The van der Waals surface area contributed by atoms with Gasteiger partial charge in [0.25, 0.3) is 0 Å². The van der Waals surface area contributed by atoms with Crippen molar-refractivity contribution in [3.63, 3.8) is 0 Å². The quantitative estimate of drug-likeness (QED) is 0.809. The van der Waals surface area contributed by atoms with E-state index in [9.17, 15) is 4.79 Å². The molecule has 2 rings (SSSR count). The van der Waals surface area contributed by atoms with Crippen molar-refractivity contribution in [2.45, 2.75) is 6.42 Å². The third-order valence-electron chi connectivity index (χ3n) is 3.31. The van der Waals surface area contributed by atoms with Gasteiger partial charge in [0.1, 0.15) is 11.4 Å². The molecule has 1 N–H and O–H groups in total. The number of esters is 1. The molecule has 0 aromatic carbocycles. The molecule has 6 nitrogen and oxygen atoms in total. The standard InChI is InChI=1S/C13H18N2O4/c1-18-12-10(13(17)19-2)3-4-11(14-12)15-6-5-9(7-15)8-16/h3-4,9,16H,5-8H2,1-2H3. The third-order valence-corrected chi connectivity index (χ3v) is 3.31. The van der Waals surface area contributed by atoms with Gasteiger partial charge >= 0.3 is 5.97 Å². The van der Waals surface area contributed by atoms with E-state index in [4.69, 9.17) is 9.84 Å². The fourth-order valence-corrected chi connectivity index (χ4v) is 2.22. The first-order valence-corrected chi connectivity index (χ1v) is 6.18. The van der Waals surface area contributed by atoms with E-state index in [0.29, 0.717) is 5.56 Å². The number of aromatic nitrogens is 1. The van der Waals surface area contributed by atoms with Gasteiger partial charge in [0.2, 0.25) is 5.88 Å². The molecule has 0 radical (unpaired) electrons. The van der Waals surface area contributed by atoms with Gasteiger partial charge in [0, 0.05) is 25.6 Å². The summed E-state index contributed by atoms with van der Waals surface area (Å²) >= 11 is 0. The van der Waals surface area contributed by atoms with Gasteiger partial charge in [-0.25, -0.2) is 4.79 Å². The lowest BCUT2D eigenvalue weighted by Crippen LogP contribution is -2.22. The number of hydrogen-bond donors (Lipinski definition) is 1. The largest absolute Gasteiger partial charge is 0.480 e. The molecule has 104 valence electrons. The predicted octanol–water partition coefficient (Wildman–Crippen LogP) is 0.695. The molecule has 1 aliphatic heterocycles. The summed E-state index contributed by atoms with van der Waals surface area (Å²) in [5.74, 6) is 0.830. The van der Waals surface area contributed by atoms with E-state index >= 15 is 0 Å². The van der Waals surface area contributed by atoms with E-state index in [1.165, 1.54) is 14.2 Å². The van der Waals surface area contributed by atoms with Crippen LogP contribution < -0.4 is 9.64 Å². The van der Waals surface area contributed by atoms with Crippen LogP contribution in [0.2, 0.25) is 0 Å². The number of pyridine rings is 1. The monoisotopic (exact) mass is 266 g/mol. The van der Waals surface area contributed by atoms with Crippen LogP contribution in [-0.2, 0) is 4.74 Å². The van der Waals surface area contributed by atoms with E-state index in [-0.39, 0.29) is 18.4 Å². The van der Waals surface area contributed by atoms with E-state index in [0.717, 1.165) is 25.3 Å². The number of aliphatic hydroxyl groups excluding tert-OH is 1. The number of carbonyl (C=O) groups is 1. The van der Waals surface area contributed by atoms with Crippen LogP contribution in [0, 0.1) is 5.92 Å². The number of rotatable bonds is 4. The van der Waals surface area contributed by atoms with E-state index < -0.39 is 5.97 Å². The summed E-state index contributed by atoms with van der Waals surface area (Å²) in [4.78, 5) is 17.9. The second kappa shape index (κ2) is 5.88. The zero-order chi connectivity index (χ0) is 13.8. The maximum Gasteiger partial charge on any atom is 0.343 e. The summed E-state index contributed by atoms with van der Waals surface area (Å²) in [5, 5.41) is 9.15. The number of nitrogens with zero attached hydrogens (tertiary/aromatic N) is 2. The van der Waals surface area contributed by atoms with E-state index in [1.54, 1.807) is 12.1 Å². The summed E-state index contributed by atoms with van der Waals surface area (Å²) in [5.41, 5.74) is 0.312. The van der Waals surface area contributed by atoms with Gasteiger partial charge in [-0.1, -0.05) is 0 Å². The van der Waals surface area contributed by atoms with Crippen molar-refractivity contribution >= 4 is 11.8 Å². The van der Waals surface area contributed by atoms with Crippen LogP contribution in [0.5, 0.6) is 5.88 Å². The molecule has 0 bridgehead atoms. The lowest BCUT2D eigenvalue weighted by Gasteiger charge is -2.18. The summed E-state index contributed by atoms with van der Waals surface area (Å²) in [6, 6.07) is 3.42. The topological polar surface area (TPSA) is 71.9 Å². The van der Waals surface area contributed by atoms with Crippen LogP contribution in [0.15, 0.2) is 12.1 Å². The summed E-state index contributed by atoms with van der Waals surface area (Å²) in [6.45, 7) is 1.80. The van der Waals surface area contributed by atoms with Crippen molar-refractivity contribution in [2.24, 2.45) is 5.92 Å². The first-order valence-electron chi connectivity index (χ1n) is 6.18. The minimum atomic E-state index is -0.467. The number of aliphatic hydroxyl groups is 1. The van der Waals surface area contributed by atoms with Crippen LogP contribution in [0.25, 0.3) is 0 Å². The van der Waals surface area contributed by atoms with Crippen LogP contribution in [0.3, 0.4) is 0 Å².